The topological polar surface area (TPSA) is 99.7 Å². The molecular weight excluding hydrogens is 392 g/mol. The average molecular weight is 423 g/mol. The second-order valence-corrected chi connectivity index (χ2v) is 9.90. The zero-order valence-corrected chi connectivity index (χ0v) is 18.0. The van der Waals surface area contributed by atoms with Crippen molar-refractivity contribution < 1.29 is 18.0 Å². The summed E-state index contributed by atoms with van der Waals surface area (Å²) in [5, 5.41) is 2.84. The lowest BCUT2D eigenvalue weighted by Crippen LogP contribution is -2.52. The minimum Gasteiger partial charge on any atom is -0.341 e. The number of carbonyl (C=O) groups is 2. The standard InChI is InChI=1S/C20H30N4O4S/c1-3-13-29(27,28)24-12-6-9-17(24)20(26)23-11-5-8-16(14-23)19(25)22-18-10-4-7-15(2)21-18/h4,7,10,16-17H,3,5-6,8-9,11-14H2,1-2H3,(H,21,22,25). The number of sulfonamides is 1. The van der Waals surface area contributed by atoms with E-state index in [9.17, 15) is 18.0 Å². The molecule has 2 aliphatic heterocycles. The predicted molar refractivity (Wildman–Crippen MR) is 111 cm³/mol. The van der Waals surface area contributed by atoms with Crippen LogP contribution in [0.2, 0.25) is 0 Å². The number of likely N-dealkylation sites (tertiary alicyclic amines) is 1. The second-order valence-electron chi connectivity index (χ2n) is 7.86. The van der Waals surface area contributed by atoms with Crippen LogP contribution in [0, 0.1) is 12.8 Å². The largest absolute Gasteiger partial charge is 0.341 e. The number of aryl methyl sites for hydroxylation is 1. The molecule has 9 heteroatoms. The molecule has 0 aromatic carbocycles. The highest BCUT2D eigenvalue weighted by molar-refractivity contribution is 7.89. The number of nitrogens with one attached hydrogen (secondary N) is 1. The van der Waals surface area contributed by atoms with Gasteiger partial charge in [0.15, 0.2) is 0 Å². The SMILES string of the molecule is CCCS(=O)(=O)N1CCCC1C(=O)N1CCCC(C(=O)Nc2cccc(C)n2)C1. The van der Waals surface area contributed by atoms with Gasteiger partial charge in [-0.2, -0.15) is 4.31 Å². The molecule has 0 bridgehead atoms. The van der Waals surface area contributed by atoms with Crippen LogP contribution in [0.3, 0.4) is 0 Å². The van der Waals surface area contributed by atoms with Gasteiger partial charge in [0.05, 0.1) is 11.7 Å². The lowest BCUT2D eigenvalue weighted by molar-refractivity contribution is -0.137. The number of pyridine rings is 1. The minimum atomic E-state index is -3.42. The van der Waals surface area contributed by atoms with Crippen molar-refractivity contribution in [1.29, 1.82) is 0 Å². The molecule has 2 amide bonds. The highest BCUT2D eigenvalue weighted by Crippen LogP contribution is 2.26. The quantitative estimate of drug-likeness (QED) is 0.753. The Kier molecular flexibility index (Phi) is 6.89. The highest BCUT2D eigenvalue weighted by atomic mass is 32.2. The van der Waals surface area contributed by atoms with Gasteiger partial charge in [0, 0.05) is 25.3 Å². The van der Waals surface area contributed by atoms with Gasteiger partial charge >= 0.3 is 0 Å². The average Bonchev–Trinajstić information content (AvgIpc) is 3.18. The molecule has 8 nitrogen and oxygen atoms in total. The number of amides is 2. The summed E-state index contributed by atoms with van der Waals surface area (Å²) in [6, 6.07) is 4.80. The molecule has 29 heavy (non-hydrogen) atoms. The van der Waals surface area contributed by atoms with E-state index in [1.54, 1.807) is 11.0 Å². The van der Waals surface area contributed by atoms with Crippen molar-refractivity contribution in [3.63, 3.8) is 0 Å². The summed E-state index contributed by atoms with van der Waals surface area (Å²) in [4.78, 5) is 31.8. The van der Waals surface area contributed by atoms with Crippen LogP contribution in [0.1, 0.15) is 44.7 Å². The highest BCUT2D eigenvalue weighted by Gasteiger charge is 2.41. The predicted octanol–water partition coefficient (Wildman–Crippen LogP) is 1.77. The molecule has 2 fully saturated rings. The van der Waals surface area contributed by atoms with E-state index in [0.29, 0.717) is 51.1 Å². The third-order valence-corrected chi connectivity index (χ3v) is 7.63. The van der Waals surface area contributed by atoms with Gasteiger partial charge in [-0.15, -0.1) is 0 Å². The Bertz CT molecular complexity index is 858. The molecule has 1 aromatic heterocycles. The summed E-state index contributed by atoms with van der Waals surface area (Å²) in [6.07, 6.45) is 3.18. The van der Waals surface area contributed by atoms with Crippen molar-refractivity contribution in [1.82, 2.24) is 14.2 Å². The van der Waals surface area contributed by atoms with Crippen LogP contribution < -0.4 is 5.32 Å². The molecule has 3 rings (SSSR count). The van der Waals surface area contributed by atoms with Crippen LogP contribution in [0.25, 0.3) is 0 Å². The van der Waals surface area contributed by atoms with Gasteiger partial charge in [-0.3, -0.25) is 9.59 Å². The number of anilines is 1. The number of aromatic nitrogens is 1. The van der Waals surface area contributed by atoms with E-state index in [1.165, 1.54) is 4.31 Å². The van der Waals surface area contributed by atoms with Crippen LogP contribution in [0.15, 0.2) is 18.2 Å². The van der Waals surface area contributed by atoms with E-state index in [-0.39, 0.29) is 23.5 Å². The molecule has 0 saturated carbocycles. The molecule has 2 unspecified atom stereocenters. The maximum Gasteiger partial charge on any atom is 0.241 e. The molecule has 0 aliphatic carbocycles. The Morgan fingerprint density at radius 1 is 1.21 bits per heavy atom. The number of carbonyl (C=O) groups excluding carboxylic acids is 2. The zero-order valence-electron chi connectivity index (χ0n) is 17.1. The molecule has 0 radical (unpaired) electrons. The molecule has 160 valence electrons. The summed E-state index contributed by atoms with van der Waals surface area (Å²) in [5.74, 6) is -0.0790. The first-order chi connectivity index (χ1) is 13.8. The minimum absolute atomic E-state index is 0.0608. The van der Waals surface area contributed by atoms with Gasteiger partial charge in [-0.1, -0.05) is 13.0 Å². The van der Waals surface area contributed by atoms with E-state index in [2.05, 4.69) is 10.3 Å². The third-order valence-electron chi connectivity index (χ3n) is 5.55. The van der Waals surface area contributed by atoms with Crippen molar-refractivity contribution in [2.45, 2.75) is 52.0 Å². The van der Waals surface area contributed by atoms with Crippen molar-refractivity contribution in [2.75, 3.05) is 30.7 Å². The number of hydrogen-bond acceptors (Lipinski definition) is 5. The van der Waals surface area contributed by atoms with Crippen LogP contribution >= 0.6 is 0 Å². The maximum atomic E-state index is 13.1. The summed E-state index contributed by atoms with van der Waals surface area (Å²) < 4.78 is 26.4. The molecule has 3 heterocycles. The smallest absolute Gasteiger partial charge is 0.241 e. The van der Waals surface area contributed by atoms with Crippen molar-refractivity contribution >= 4 is 27.7 Å². The van der Waals surface area contributed by atoms with Crippen LogP contribution in [0.4, 0.5) is 5.82 Å². The van der Waals surface area contributed by atoms with E-state index in [0.717, 1.165) is 12.1 Å². The fourth-order valence-corrected chi connectivity index (χ4v) is 5.88. The first-order valence-corrected chi connectivity index (χ1v) is 12.0. The van der Waals surface area contributed by atoms with Crippen molar-refractivity contribution in [3.05, 3.63) is 23.9 Å². The maximum absolute atomic E-state index is 13.1. The molecule has 2 atom stereocenters. The van der Waals surface area contributed by atoms with E-state index < -0.39 is 16.1 Å². The van der Waals surface area contributed by atoms with Gasteiger partial charge in [0.25, 0.3) is 0 Å². The van der Waals surface area contributed by atoms with Gasteiger partial charge in [0.1, 0.15) is 11.9 Å². The first kappa shape index (κ1) is 21.7. The first-order valence-electron chi connectivity index (χ1n) is 10.3. The molecule has 2 saturated heterocycles. The van der Waals surface area contributed by atoms with Gasteiger partial charge in [-0.05, 0) is 51.2 Å². The Hall–Kier alpha value is -2.00. The van der Waals surface area contributed by atoms with E-state index in [4.69, 9.17) is 0 Å². The summed E-state index contributed by atoms with van der Waals surface area (Å²) in [7, 11) is -3.42. The normalized spacial score (nSPS) is 23.2. The molecule has 2 aliphatic rings. The molecule has 0 spiro atoms. The van der Waals surface area contributed by atoms with Crippen LogP contribution in [0.5, 0.6) is 0 Å². The van der Waals surface area contributed by atoms with E-state index in [1.807, 2.05) is 26.0 Å². The van der Waals surface area contributed by atoms with Crippen LogP contribution in [-0.4, -0.2) is 65.9 Å². The molecule has 1 N–H and O–H groups in total. The lowest BCUT2D eigenvalue weighted by Gasteiger charge is -2.35. The summed E-state index contributed by atoms with van der Waals surface area (Å²) >= 11 is 0. The Balaban J connectivity index is 1.65. The summed E-state index contributed by atoms with van der Waals surface area (Å²) in [6.45, 7) is 4.95. The van der Waals surface area contributed by atoms with Crippen molar-refractivity contribution in [3.8, 4) is 0 Å². The molecular formula is C20H30N4O4S. The number of hydrogen-bond donors (Lipinski definition) is 1. The number of piperidine rings is 1. The lowest BCUT2D eigenvalue weighted by atomic mass is 9.96. The number of rotatable bonds is 6. The van der Waals surface area contributed by atoms with Gasteiger partial charge in [0.2, 0.25) is 21.8 Å². The Labute approximate surface area is 172 Å². The Morgan fingerprint density at radius 3 is 2.69 bits per heavy atom. The van der Waals surface area contributed by atoms with Gasteiger partial charge < -0.3 is 10.2 Å². The fraction of sp³-hybridized carbons (Fsp3) is 0.650. The monoisotopic (exact) mass is 422 g/mol. The summed E-state index contributed by atoms with van der Waals surface area (Å²) in [5.41, 5.74) is 0.817. The van der Waals surface area contributed by atoms with Gasteiger partial charge in [-0.25, -0.2) is 13.4 Å². The Morgan fingerprint density at radius 2 is 1.97 bits per heavy atom. The van der Waals surface area contributed by atoms with Crippen molar-refractivity contribution in [2.24, 2.45) is 5.92 Å². The molecule has 1 aromatic rings. The number of nitrogens with zero attached hydrogens (tertiary/aromatic N) is 3. The third kappa shape index (κ3) is 5.14. The van der Waals surface area contributed by atoms with E-state index >= 15 is 0 Å². The fourth-order valence-electron chi connectivity index (χ4n) is 4.14. The van der Waals surface area contributed by atoms with Crippen LogP contribution in [-0.2, 0) is 19.6 Å². The zero-order chi connectivity index (χ0) is 21.0. The second kappa shape index (κ2) is 9.21.